The Morgan fingerprint density at radius 1 is 1.18 bits per heavy atom. The van der Waals surface area contributed by atoms with Crippen molar-refractivity contribution in [2.45, 2.75) is 13.0 Å². The highest BCUT2D eigenvalue weighted by molar-refractivity contribution is 5.84. The Kier molecular flexibility index (Phi) is 4.10. The van der Waals surface area contributed by atoms with Gasteiger partial charge in [0.1, 0.15) is 5.75 Å². The van der Waals surface area contributed by atoms with Crippen molar-refractivity contribution in [3.63, 3.8) is 0 Å². The van der Waals surface area contributed by atoms with Gasteiger partial charge in [-0.1, -0.05) is 30.3 Å². The number of carbonyl (C=O) groups excluding carboxylic acids is 1. The first-order chi connectivity index (χ1) is 10.8. The number of nitrogens with one attached hydrogen (secondary N) is 2. The maximum Gasteiger partial charge on any atom is 0.224 e. The number of rotatable bonds is 5. The molecule has 22 heavy (non-hydrogen) atoms. The summed E-state index contributed by atoms with van der Waals surface area (Å²) in [6, 6.07) is 15.6. The smallest absolute Gasteiger partial charge is 0.224 e. The molecule has 1 heterocycles. The van der Waals surface area contributed by atoms with Gasteiger partial charge in [0, 0.05) is 23.6 Å². The van der Waals surface area contributed by atoms with Gasteiger partial charge in [-0.15, -0.1) is 0 Å². The van der Waals surface area contributed by atoms with E-state index in [1.807, 2.05) is 48.7 Å². The van der Waals surface area contributed by atoms with Crippen LogP contribution >= 0.6 is 0 Å². The van der Waals surface area contributed by atoms with Crippen LogP contribution in [0.15, 0.2) is 54.7 Å². The van der Waals surface area contributed by atoms with Crippen LogP contribution in [0.2, 0.25) is 0 Å². The number of H-pyrrole nitrogens is 1. The molecule has 0 aliphatic carbocycles. The van der Waals surface area contributed by atoms with Crippen molar-refractivity contribution in [3.05, 3.63) is 65.9 Å². The summed E-state index contributed by atoms with van der Waals surface area (Å²) in [6.45, 7) is 0.521. The van der Waals surface area contributed by atoms with Gasteiger partial charge < -0.3 is 15.0 Å². The normalized spacial score (nSPS) is 10.6. The van der Waals surface area contributed by atoms with Crippen LogP contribution in [0.25, 0.3) is 10.9 Å². The van der Waals surface area contributed by atoms with Crippen LogP contribution in [0.5, 0.6) is 5.75 Å². The van der Waals surface area contributed by atoms with Crippen molar-refractivity contribution in [2.75, 3.05) is 7.11 Å². The first kappa shape index (κ1) is 14.2. The second kappa shape index (κ2) is 6.35. The lowest BCUT2D eigenvalue weighted by Crippen LogP contribution is -2.24. The Hall–Kier alpha value is -2.75. The summed E-state index contributed by atoms with van der Waals surface area (Å²) in [5.74, 6) is 0.764. The SMILES string of the molecule is COc1cccc(CC(=O)NCc2c[nH]c3ccccc23)c1. The summed E-state index contributed by atoms with van der Waals surface area (Å²) < 4.78 is 5.17. The molecule has 4 nitrogen and oxygen atoms in total. The van der Waals surface area contributed by atoms with Crippen molar-refractivity contribution < 1.29 is 9.53 Å². The molecular formula is C18H18N2O2. The predicted molar refractivity (Wildman–Crippen MR) is 86.8 cm³/mol. The van der Waals surface area contributed by atoms with Gasteiger partial charge in [-0.25, -0.2) is 0 Å². The predicted octanol–water partition coefficient (Wildman–Crippen LogP) is 3.04. The summed E-state index contributed by atoms with van der Waals surface area (Å²) in [4.78, 5) is 15.3. The number of methoxy groups -OCH3 is 1. The Labute approximate surface area is 129 Å². The van der Waals surface area contributed by atoms with Crippen LogP contribution in [0, 0.1) is 0 Å². The number of benzene rings is 2. The van der Waals surface area contributed by atoms with E-state index in [2.05, 4.69) is 16.4 Å². The van der Waals surface area contributed by atoms with E-state index in [1.54, 1.807) is 7.11 Å². The van der Waals surface area contributed by atoms with Crippen LogP contribution in [-0.2, 0) is 17.8 Å². The first-order valence-corrected chi connectivity index (χ1v) is 7.21. The van der Waals surface area contributed by atoms with E-state index in [0.717, 1.165) is 27.8 Å². The summed E-state index contributed by atoms with van der Waals surface area (Å²) in [5.41, 5.74) is 3.12. The fraction of sp³-hybridized carbons (Fsp3) is 0.167. The number of carbonyl (C=O) groups is 1. The third kappa shape index (κ3) is 3.11. The van der Waals surface area contributed by atoms with E-state index >= 15 is 0 Å². The molecule has 0 unspecified atom stereocenters. The third-order valence-electron chi connectivity index (χ3n) is 3.65. The van der Waals surface area contributed by atoms with Gasteiger partial charge in [-0.05, 0) is 29.3 Å². The van der Waals surface area contributed by atoms with E-state index < -0.39 is 0 Å². The minimum absolute atomic E-state index is 0.00136. The highest BCUT2D eigenvalue weighted by atomic mass is 16.5. The zero-order chi connectivity index (χ0) is 15.4. The monoisotopic (exact) mass is 294 g/mol. The molecule has 1 aromatic heterocycles. The van der Waals surface area contributed by atoms with Crippen LogP contribution in [-0.4, -0.2) is 18.0 Å². The van der Waals surface area contributed by atoms with Gasteiger partial charge in [0.25, 0.3) is 0 Å². The molecule has 0 spiro atoms. The Bertz CT molecular complexity index is 792. The van der Waals surface area contributed by atoms with Crippen LogP contribution in [0.4, 0.5) is 0 Å². The number of aromatic nitrogens is 1. The van der Waals surface area contributed by atoms with Crippen molar-refractivity contribution in [1.29, 1.82) is 0 Å². The Morgan fingerprint density at radius 2 is 2.05 bits per heavy atom. The number of amides is 1. The maximum absolute atomic E-state index is 12.1. The second-order valence-corrected chi connectivity index (χ2v) is 5.16. The zero-order valence-corrected chi connectivity index (χ0v) is 12.4. The van der Waals surface area contributed by atoms with Gasteiger partial charge in [0.15, 0.2) is 0 Å². The molecule has 0 saturated heterocycles. The van der Waals surface area contributed by atoms with E-state index in [0.29, 0.717) is 13.0 Å². The summed E-state index contributed by atoms with van der Waals surface area (Å²) >= 11 is 0. The summed E-state index contributed by atoms with van der Waals surface area (Å²) in [5, 5.41) is 4.11. The molecule has 0 radical (unpaired) electrons. The molecule has 0 fully saturated rings. The average molecular weight is 294 g/mol. The summed E-state index contributed by atoms with van der Waals surface area (Å²) in [7, 11) is 1.62. The average Bonchev–Trinajstić information content (AvgIpc) is 2.96. The maximum atomic E-state index is 12.1. The number of fused-ring (bicyclic) bond motifs is 1. The van der Waals surface area contributed by atoms with E-state index in [1.165, 1.54) is 0 Å². The molecule has 3 aromatic rings. The lowest BCUT2D eigenvalue weighted by molar-refractivity contribution is -0.120. The van der Waals surface area contributed by atoms with Gasteiger partial charge in [-0.3, -0.25) is 4.79 Å². The van der Waals surface area contributed by atoms with Crippen molar-refractivity contribution in [3.8, 4) is 5.75 Å². The minimum atomic E-state index is -0.00136. The van der Waals surface area contributed by atoms with Gasteiger partial charge in [0.05, 0.1) is 13.5 Å². The topological polar surface area (TPSA) is 54.1 Å². The Morgan fingerprint density at radius 3 is 2.91 bits per heavy atom. The quantitative estimate of drug-likeness (QED) is 0.760. The molecular weight excluding hydrogens is 276 g/mol. The van der Waals surface area contributed by atoms with Crippen LogP contribution in [0.3, 0.4) is 0 Å². The van der Waals surface area contributed by atoms with Gasteiger partial charge in [0.2, 0.25) is 5.91 Å². The number of hydrogen-bond acceptors (Lipinski definition) is 2. The molecule has 0 aliphatic rings. The van der Waals surface area contributed by atoms with E-state index in [9.17, 15) is 4.79 Å². The molecule has 0 atom stereocenters. The van der Waals surface area contributed by atoms with Crippen LogP contribution in [0.1, 0.15) is 11.1 Å². The third-order valence-corrected chi connectivity index (χ3v) is 3.65. The van der Waals surface area contributed by atoms with Crippen molar-refractivity contribution in [2.24, 2.45) is 0 Å². The molecule has 0 bridgehead atoms. The van der Waals surface area contributed by atoms with Gasteiger partial charge >= 0.3 is 0 Å². The first-order valence-electron chi connectivity index (χ1n) is 7.21. The fourth-order valence-corrected chi connectivity index (χ4v) is 2.50. The fourth-order valence-electron chi connectivity index (χ4n) is 2.50. The zero-order valence-electron chi connectivity index (χ0n) is 12.4. The molecule has 0 saturated carbocycles. The van der Waals surface area contributed by atoms with Crippen molar-refractivity contribution >= 4 is 16.8 Å². The molecule has 4 heteroatoms. The van der Waals surface area contributed by atoms with Gasteiger partial charge in [-0.2, -0.15) is 0 Å². The highest BCUT2D eigenvalue weighted by Crippen LogP contribution is 2.17. The number of ether oxygens (including phenoxy) is 1. The Balaban J connectivity index is 1.62. The highest BCUT2D eigenvalue weighted by Gasteiger charge is 2.07. The number of para-hydroxylation sites is 1. The lowest BCUT2D eigenvalue weighted by atomic mass is 10.1. The van der Waals surface area contributed by atoms with E-state index in [-0.39, 0.29) is 5.91 Å². The molecule has 0 aliphatic heterocycles. The molecule has 2 aromatic carbocycles. The summed E-state index contributed by atoms with van der Waals surface area (Å²) in [6.07, 6.45) is 2.29. The molecule has 2 N–H and O–H groups in total. The standard InChI is InChI=1S/C18H18N2O2/c1-22-15-6-4-5-13(9-15)10-18(21)20-12-14-11-19-17-8-3-2-7-16(14)17/h2-9,11,19H,10,12H2,1H3,(H,20,21). The lowest BCUT2D eigenvalue weighted by Gasteiger charge is -2.06. The molecule has 112 valence electrons. The molecule has 1 amide bonds. The second-order valence-electron chi connectivity index (χ2n) is 5.16. The number of hydrogen-bond donors (Lipinski definition) is 2. The minimum Gasteiger partial charge on any atom is -0.497 e. The van der Waals surface area contributed by atoms with Crippen LogP contribution < -0.4 is 10.1 Å². The van der Waals surface area contributed by atoms with E-state index in [4.69, 9.17) is 4.74 Å². The van der Waals surface area contributed by atoms with Crippen molar-refractivity contribution in [1.82, 2.24) is 10.3 Å². The molecule has 3 rings (SSSR count). The number of aromatic amines is 1. The largest absolute Gasteiger partial charge is 0.497 e.